The van der Waals surface area contributed by atoms with Crippen LogP contribution >= 0.6 is 0 Å². The van der Waals surface area contributed by atoms with E-state index in [4.69, 9.17) is 5.26 Å². The predicted molar refractivity (Wildman–Crippen MR) is 95.7 cm³/mol. The van der Waals surface area contributed by atoms with Crippen molar-refractivity contribution in [1.29, 1.82) is 5.26 Å². The van der Waals surface area contributed by atoms with Crippen molar-refractivity contribution in [2.45, 2.75) is 25.3 Å². The summed E-state index contributed by atoms with van der Waals surface area (Å²) >= 11 is 0. The van der Waals surface area contributed by atoms with E-state index in [1.54, 1.807) is 30.5 Å². The molecule has 1 aliphatic rings. The van der Waals surface area contributed by atoms with E-state index in [0.29, 0.717) is 11.1 Å². The summed E-state index contributed by atoms with van der Waals surface area (Å²) in [7, 11) is 0. The summed E-state index contributed by atoms with van der Waals surface area (Å²) in [6, 6.07) is 14.4. The number of nitrogens with one attached hydrogen (secondary N) is 1. The lowest BCUT2D eigenvalue weighted by molar-refractivity contribution is 0.0932. The number of amides is 1. The van der Waals surface area contributed by atoms with Gasteiger partial charge in [0.1, 0.15) is 0 Å². The first-order valence-corrected chi connectivity index (χ1v) is 8.55. The Hall–Kier alpha value is -3.46. The minimum Gasteiger partial charge on any atom is -0.345 e. The molecule has 26 heavy (non-hydrogen) atoms. The standard InChI is InChI=1S/C20H17N5O/c21-12-14-7-9-15(10-8-14)20(26)24-17-4-3-5-18-16(17)13-23-25(18)19-6-1-2-11-22-19/h1-2,6-11,13,17H,3-5H2,(H,24,26)/t17-/m1/s1. The molecular formula is C20H17N5O. The molecule has 0 spiro atoms. The van der Waals surface area contributed by atoms with Gasteiger partial charge >= 0.3 is 0 Å². The summed E-state index contributed by atoms with van der Waals surface area (Å²) < 4.78 is 1.86. The highest BCUT2D eigenvalue weighted by atomic mass is 16.1. The lowest BCUT2D eigenvalue weighted by Gasteiger charge is -2.24. The lowest BCUT2D eigenvalue weighted by Crippen LogP contribution is -2.31. The highest BCUT2D eigenvalue weighted by Crippen LogP contribution is 2.31. The molecule has 2 heterocycles. The zero-order valence-electron chi connectivity index (χ0n) is 14.1. The summed E-state index contributed by atoms with van der Waals surface area (Å²) in [5.41, 5.74) is 3.23. The van der Waals surface area contributed by atoms with Crippen molar-refractivity contribution >= 4 is 5.91 Å². The molecule has 1 amide bonds. The van der Waals surface area contributed by atoms with Gasteiger partial charge in [0.15, 0.2) is 5.82 Å². The maximum atomic E-state index is 12.6. The van der Waals surface area contributed by atoms with Gasteiger partial charge < -0.3 is 5.32 Å². The van der Waals surface area contributed by atoms with Crippen LogP contribution in [0.4, 0.5) is 0 Å². The number of hydrogen-bond donors (Lipinski definition) is 1. The second-order valence-corrected chi connectivity index (χ2v) is 6.25. The fourth-order valence-corrected chi connectivity index (χ4v) is 3.32. The van der Waals surface area contributed by atoms with Crippen molar-refractivity contribution in [3.05, 3.63) is 77.2 Å². The van der Waals surface area contributed by atoms with Crippen LogP contribution in [0.2, 0.25) is 0 Å². The van der Waals surface area contributed by atoms with Gasteiger partial charge in [-0.3, -0.25) is 4.79 Å². The third-order valence-corrected chi connectivity index (χ3v) is 4.63. The number of carbonyl (C=O) groups excluding carboxylic acids is 1. The number of pyridine rings is 1. The first-order chi connectivity index (χ1) is 12.8. The minimum atomic E-state index is -0.141. The molecule has 1 atom stereocenters. The SMILES string of the molecule is N#Cc1ccc(C(=O)N[C@@H]2CCCc3c2cnn3-c2ccccn2)cc1. The van der Waals surface area contributed by atoms with E-state index in [9.17, 15) is 4.79 Å². The highest BCUT2D eigenvalue weighted by molar-refractivity contribution is 5.94. The number of nitriles is 1. The molecule has 0 saturated heterocycles. The van der Waals surface area contributed by atoms with Crippen molar-refractivity contribution in [2.24, 2.45) is 0 Å². The summed E-state index contributed by atoms with van der Waals surface area (Å²) in [5.74, 6) is 0.644. The topological polar surface area (TPSA) is 83.6 Å². The lowest BCUT2D eigenvalue weighted by atomic mass is 9.92. The van der Waals surface area contributed by atoms with E-state index in [2.05, 4.69) is 21.5 Å². The monoisotopic (exact) mass is 343 g/mol. The Kier molecular flexibility index (Phi) is 4.20. The fourth-order valence-electron chi connectivity index (χ4n) is 3.32. The average molecular weight is 343 g/mol. The van der Waals surface area contributed by atoms with Crippen molar-refractivity contribution in [2.75, 3.05) is 0 Å². The first-order valence-electron chi connectivity index (χ1n) is 8.55. The molecule has 0 bridgehead atoms. The highest BCUT2D eigenvalue weighted by Gasteiger charge is 2.26. The maximum absolute atomic E-state index is 12.6. The molecule has 4 rings (SSSR count). The smallest absolute Gasteiger partial charge is 0.251 e. The molecule has 0 unspecified atom stereocenters. The van der Waals surface area contributed by atoms with Crippen LogP contribution in [0, 0.1) is 11.3 Å². The van der Waals surface area contributed by atoms with Gasteiger partial charge in [0.25, 0.3) is 5.91 Å². The number of hydrogen-bond acceptors (Lipinski definition) is 4. The Labute approximate surface area is 151 Å². The van der Waals surface area contributed by atoms with Crippen molar-refractivity contribution in [1.82, 2.24) is 20.1 Å². The van der Waals surface area contributed by atoms with Gasteiger partial charge in [0.2, 0.25) is 0 Å². The van der Waals surface area contributed by atoms with E-state index in [1.807, 2.05) is 29.1 Å². The summed E-state index contributed by atoms with van der Waals surface area (Å²) in [5, 5.41) is 16.5. The maximum Gasteiger partial charge on any atom is 0.251 e. The molecular weight excluding hydrogens is 326 g/mol. The quantitative estimate of drug-likeness (QED) is 0.792. The second-order valence-electron chi connectivity index (χ2n) is 6.25. The third kappa shape index (κ3) is 2.95. The largest absolute Gasteiger partial charge is 0.345 e. The molecule has 6 heteroatoms. The number of nitrogens with zero attached hydrogens (tertiary/aromatic N) is 4. The zero-order chi connectivity index (χ0) is 17.9. The van der Waals surface area contributed by atoms with Gasteiger partial charge in [-0.15, -0.1) is 0 Å². The van der Waals surface area contributed by atoms with Crippen LogP contribution in [0.1, 0.15) is 46.1 Å². The molecule has 2 aromatic heterocycles. The Morgan fingerprint density at radius 1 is 1.23 bits per heavy atom. The number of fused-ring (bicyclic) bond motifs is 1. The number of carbonyl (C=O) groups is 1. The molecule has 128 valence electrons. The average Bonchev–Trinajstić information content (AvgIpc) is 3.14. The predicted octanol–water partition coefficient (Wildman–Crippen LogP) is 2.95. The van der Waals surface area contributed by atoms with Gasteiger partial charge in [-0.05, 0) is 55.7 Å². The minimum absolute atomic E-state index is 0.0700. The molecule has 1 N–H and O–H groups in total. The summed E-state index contributed by atoms with van der Waals surface area (Å²) in [6.07, 6.45) is 6.34. The summed E-state index contributed by atoms with van der Waals surface area (Å²) in [4.78, 5) is 16.9. The van der Waals surface area contributed by atoms with Gasteiger partial charge in [0, 0.05) is 17.3 Å². The second kappa shape index (κ2) is 6.81. The fraction of sp³-hybridized carbons (Fsp3) is 0.200. The van der Waals surface area contributed by atoms with Crippen LogP contribution < -0.4 is 5.32 Å². The molecule has 6 nitrogen and oxygen atoms in total. The van der Waals surface area contributed by atoms with Crippen molar-refractivity contribution in [3.63, 3.8) is 0 Å². The normalized spacial score (nSPS) is 15.7. The molecule has 1 aromatic carbocycles. The molecule has 3 aromatic rings. The Morgan fingerprint density at radius 3 is 2.81 bits per heavy atom. The van der Waals surface area contributed by atoms with Crippen molar-refractivity contribution in [3.8, 4) is 11.9 Å². The van der Waals surface area contributed by atoms with E-state index < -0.39 is 0 Å². The number of rotatable bonds is 3. The molecule has 0 aliphatic heterocycles. The Bertz CT molecular complexity index is 970. The molecule has 0 fully saturated rings. The van der Waals surface area contributed by atoms with Crippen LogP contribution in [0.25, 0.3) is 5.82 Å². The molecule has 1 aliphatic carbocycles. The van der Waals surface area contributed by atoms with E-state index in [-0.39, 0.29) is 11.9 Å². The summed E-state index contributed by atoms with van der Waals surface area (Å²) in [6.45, 7) is 0. The van der Waals surface area contributed by atoms with Gasteiger partial charge in [-0.1, -0.05) is 6.07 Å². The van der Waals surface area contributed by atoms with E-state index in [1.165, 1.54) is 0 Å². The van der Waals surface area contributed by atoms with Crippen LogP contribution in [-0.4, -0.2) is 20.7 Å². The molecule has 0 saturated carbocycles. The van der Waals surface area contributed by atoms with Gasteiger partial charge in [-0.2, -0.15) is 10.4 Å². The van der Waals surface area contributed by atoms with Crippen LogP contribution in [-0.2, 0) is 6.42 Å². The Balaban J connectivity index is 1.57. The van der Waals surface area contributed by atoms with Crippen molar-refractivity contribution < 1.29 is 4.79 Å². The van der Waals surface area contributed by atoms with Crippen LogP contribution in [0.15, 0.2) is 54.9 Å². The number of aromatic nitrogens is 3. The van der Waals surface area contributed by atoms with E-state index in [0.717, 1.165) is 36.3 Å². The van der Waals surface area contributed by atoms with Crippen LogP contribution in [0.5, 0.6) is 0 Å². The first kappa shape index (κ1) is 16.0. The Morgan fingerprint density at radius 2 is 2.08 bits per heavy atom. The van der Waals surface area contributed by atoms with Gasteiger partial charge in [-0.25, -0.2) is 9.67 Å². The third-order valence-electron chi connectivity index (χ3n) is 4.63. The van der Waals surface area contributed by atoms with Gasteiger partial charge in [0.05, 0.1) is 29.6 Å². The zero-order valence-corrected chi connectivity index (χ0v) is 14.1. The number of benzene rings is 1. The van der Waals surface area contributed by atoms with E-state index >= 15 is 0 Å². The van der Waals surface area contributed by atoms with Crippen LogP contribution in [0.3, 0.4) is 0 Å². The molecule has 0 radical (unpaired) electrons.